The Bertz CT molecular complexity index is 511. The van der Waals surface area contributed by atoms with Crippen LogP contribution < -0.4 is 11.1 Å². The van der Waals surface area contributed by atoms with E-state index >= 15 is 0 Å². The highest BCUT2D eigenvalue weighted by Crippen LogP contribution is 2.37. The number of rotatable bonds is 3. The first-order chi connectivity index (χ1) is 9.15. The van der Waals surface area contributed by atoms with Crippen LogP contribution in [0, 0.1) is 0 Å². The highest BCUT2D eigenvalue weighted by atomic mass is 16.5. The lowest BCUT2D eigenvalue weighted by Crippen LogP contribution is -2.60. The molecule has 1 fully saturated rings. The van der Waals surface area contributed by atoms with Gasteiger partial charge in [0.05, 0.1) is 25.2 Å². The third-order valence-corrected chi connectivity index (χ3v) is 4.20. The van der Waals surface area contributed by atoms with Crippen molar-refractivity contribution in [3.63, 3.8) is 0 Å². The molecular formula is C14H18N2O3. The molecule has 2 heterocycles. The molecule has 1 atom stereocenters. The number of anilines is 1. The van der Waals surface area contributed by atoms with Crippen molar-refractivity contribution in [3.8, 4) is 0 Å². The average Bonchev–Trinajstić information content (AvgIpc) is 2.37. The number of hydrogen-bond donors (Lipinski definition) is 3. The first kappa shape index (κ1) is 12.6. The molecule has 1 aromatic rings. The Kier molecular flexibility index (Phi) is 3.05. The van der Waals surface area contributed by atoms with Gasteiger partial charge in [0.2, 0.25) is 5.91 Å². The van der Waals surface area contributed by atoms with E-state index in [0.717, 1.165) is 23.2 Å². The first-order valence-corrected chi connectivity index (χ1v) is 6.53. The summed E-state index contributed by atoms with van der Waals surface area (Å²) in [6.07, 6.45) is 1.27. The van der Waals surface area contributed by atoms with Gasteiger partial charge in [0.1, 0.15) is 0 Å². The van der Waals surface area contributed by atoms with Gasteiger partial charge in [-0.05, 0) is 23.6 Å². The zero-order valence-electron chi connectivity index (χ0n) is 10.7. The summed E-state index contributed by atoms with van der Waals surface area (Å²) in [7, 11) is 0. The lowest BCUT2D eigenvalue weighted by molar-refractivity contribution is -0.116. The number of aliphatic hydroxyl groups excluding tert-OH is 1. The fourth-order valence-corrected chi connectivity index (χ4v) is 2.78. The summed E-state index contributed by atoms with van der Waals surface area (Å²) >= 11 is 0. The second-order valence-electron chi connectivity index (χ2n) is 5.36. The number of aliphatic hydroxyl groups is 1. The number of amides is 1. The third kappa shape index (κ3) is 1.94. The number of benzene rings is 1. The van der Waals surface area contributed by atoms with Gasteiger partial charge in [0.25, 0.3) is 0 Å². The molecule has 0 aromatic heterocycles. The summed E-state index contributed by atoms with van der Waals surface area (Å²) in [4.78, 5) is 11.3. The van der Waals surface area contributed by atoms with Crippen molar-refractivity contribution in [2.24, 2.45) is 5.73 Å². The summed E-state index contributed by atoms with van der Waals surface area (Å²) < 4.78 is 5.32. The van der Waals surface area contributed by atoms with Crippen LogP contribution in [-0.2, 0) is 21.4 Å². The predicted molar refractivity (Wildman–Crippen MR) is 71.0 cm³/mol. The molecule has 0 spiro atoms. The third-order valence-electron chi connectivity index (χ3n) is 4.20. The van der Waals surface area contributed by atoms with Crippen LogP contribution in [0.25, 0.3) is 0 Å². The highest BCUT2D eigenvalue weighted by Gasteiger charge is 2.45. The molecule has 0 aliphatic carbocycles. The summed E-state index contributed by atoms with van der Waals surface area (Å²) in [6, 6.07) is 5.67. The van der Waals surface area contributed by atoms with Crippen molar-refractivity contribution in [2.45, 2.75) is 24.3 Å². The fraction of sp³-hybridized carbons (Fsp3) is 0.500. The van der Waals surface area contributed by atoms with Gasteiger partial charge < -0.3 is 20.9 Å². The molecule has 1 aromatic carbocycles. The van der Waals surface area contributed by atoms with Crippen LogP contribution in [-0.4, -0.2) is 36.9 Å². The van der Waals surface area contributed by atoms with E-state index in [0.29, 0.717) is 19.6 Å². The Morgan fingerprint density at radius 3 is 2.84 bits per heavy atom. The molecule has 2 aliphatic heterocycles. The first-order valence-electron chi connectivity index (χ1n) is 6.53. The van der Waals surface area contributed by atoms with Gasteiger partial charge in [-0.15, -0.1) is 0 Å². The van der Waals surface area contributed by atoms with Crippen LogP contribution >= 0.6 is 0 Å². The largest absolute Gasteiger partial charge is 0.395 e. The minimum atomic E-state index is -0.322. The Balaban J connectivity index is 1.95. The molecule has 4 N–H and O–H groups in total. The van der Waals surface area contributed by atoms with E-state index in [1.807, 2.05) is 12.1 Å². The minimum absolute atomic E-state index is 0.0584. The Labute approximate surface area is 111 Å². The lowest BCUT2D eigenvalue weighted by Gasteiger charge is -2.46. The fourth-order valence-electron chi connectivity index (χ4n) is 2.78. The second-order valence-corrected chi connectivity index (χ2v) is 5.36. The number of nitrogens with one attached hydrogen (secondary N) is 1. The maximum absolute atomic E-state index is 11.3. The molecule has 1 unspecified atom stereocenters. The molecule has 0 bridgehead atoms. The van der Waals surface area contributed by atoms with Crippen molar-refractivity contribution >= 4 is 11.6 Å². The van der Waals surface area contributed by atoms with E-state index in [1.54, 1.807) is 0 Å². The van der Waals surface area contributed by atoms with E-state index in [4.69, 9.17) is 10.5 Å². The average molecular weight is 262 g/mol. The molecule has 5 heteroatoms. The van der Waals surface area contributed by atoms with Crippen molar-refractivity contribution in [1.82, 2.24) is 0 Å². The predicted octanol–water partition coefficient (Wildman–Crippen LogP) is 0.159. The monoisotopic (exact) mass is 262 g/mol. The van der Waals surface area contributed by atoms with Crippen LogP contribution in [0.5, 0.6) is 0 Å². The van der Waals surface area contributed by atoms with Crippen molar-refractivity contribution in [3.05, 3.63) is 29.3 Å². The van der Waals surface area contributed by atoms with Gasteiger partial charge in [0, 0.05) is 18.2 Å². The molecular weight excluding hydrogens is 244 g/mol. The number of carbonyl (C=O) groups excluding carboxylic acids is 1. The van der Waals surface area contributed by atoms with Gasteiger partial charge >= 0.3 is 0 Å². The van der Waals surface area contributed by atoms with E-state index < -0.39 is 0 Å². The second kappa shape index (κ2) is 4.59. The summed E-state index contributed by atoms with van der Waals surface area (Å²) in [5.74, 6) is 0.0639. The molecule has 102 valence electrons. The normalized spacial score (nSPS) is 22.1. The zero-order valence-corrected chi connectivity index (χ0v) is 10.7. The van der Waals surface area contributed by atoms with E-state index in [-0.39, 0.29) is 24.0 Å². The van der Waals surface area contributed by atoms with Crippen LogP contribution in [0.1, 0.15) is 17.5 Å². The topological polar surface area (TPSA) is 84.6 Å². The number of nitrogens with two attached hydrogens (primary N) is 1. The van der Waals surface area contributed by atoms with Gasteiger partial charge in [-0.25, -0.2) is 0 Å². The Morgan fingerprint density at radius 1 is 1.42 bits per heavy atom. The maximum Gasteiger partial charge on any atom is 0.224 e. The minimum Gasteiger partial charge on any atom is -0.395 e. The SMILES string of the molecule is NC(CO)C1(c2ccc3c(c2)CCC(=O)N3)COC1. The van der Waals surface area contributed by atoms with E-state index in [2.05, 4.69) is 11.4 Å². The molecule has 5 nitrogen and oxygen atoms in total. The molecule has 1 saturated heterocycles. The zero-order chi connectivity index (χ0) is 13.5. The number of fused-ring (bicyclic) bond motifs is 1. The molecule has 3 rings (SSSR count). The van der Waals surface area contributed by atoms with Crippen LogP contribution in [0.15, 0.2) is 18.2 Å². The molecule has 0 radical (unpaired) electrons. The number of carbonyl (C=O) groups is 1. The van der Waals surface area contributed by atoms with Crippen LogP contribution in [0.2, 0.25) is 0 Å². The Morgan fingerprint density at radius 2 is 2.21 bits per heavy atom. The van der Waals surface area contributed by atoms with Gasteiger partial charge in [-0.1, -0.05) is 12.1 Å². The standard InChI is InChI=1S/C14H18N2O3/c15-12(6-17)14(7-19-8-14)10-2-3-11-9(5-10)1-4-13(18)16-11/h2-3,5,12,17H,1,4,6-8,15H2,(H,16,18). The van der Waals surface area contributed by atoms with Crippen molar-refractivity contribution in [1.29, 1.82) is 0 Å². The summed E-state index contributed by atoms with van der Waals surface area (Å²) in [6.45, 7) is 1.02. The molecule has 1 amide bonds. The van der Waals surface area contributed by atoms with Crippen LogP contribution in [0.3, 0.4) is 0 Å². The van der Waals surface area contributed by atoms with E-state index in [1.165, 1.54) is 0 Å². The number of hydrogen-bond acceptors (Lipinski definition) is 4. The lowest BCUT2D eigenvalue weighted by atomic mass is 9.72. The smallest absolute Gasteiger partial charge is 0.224 e. The quantitative estimate of drug-likeness (QED) is 0.724. The van der Waals surface area contributed by atoms with Gasteiger partial charge in [-0.3, -0.25) is 4.79 Å². The summed E-state index contributed by atoms with van der Waals surface area (Å²) in [5, 5.41) is 12.2. The van der Waals surface area contributed by atoms with Gasteiger partial charge in [-0.2, -0.15) is 0 Å². The van der Waals surface area contributed by atoms with Gasteiger partial charge in [0.15, 0.2) is 0 Å². The Hall–Kier alpha value is -1.43. The molecule has 19 heavy (non-hydrogen) atoms. The highest BCUT2D eigenvalue weighted by molar-refractivity contribution is 5.93. The number of ether oxygens (including phenoxy) is 1. The molecule has 2 aliphatic rings. The van der Waals surface area contributed by atoms with Crippen LogP contribution in [0.4, 0.5) is 5.69 Å². The van der Waals surface area contributed by atoms with E-state index in [9.17, 15) is 9.90 Å². The maximum atomic E-state index is 11.3. The van der Waals surface area contributed by atoms with Crippen molar-refractivity contribution in [2.75, 3.05) is 25.1 Å². The summed E-state index contributed by atoms with van der Waals surface area (Å²) in [5.41, 5.74) is 8.87. The number of aryl methyl sites for hydroxylation is 1. The molecule has 0 saturated carbocycles. The van der Waals surface area contributed by atoms with Crippen molar-refractivity contribution < 1.29 is 14.6 Å².